The summed E-state index contributed by atoms with van der Waals surface area (Å²) in [5.41, 5.74) is 0.0957. The number of rotatable bonds is 2. The largest absolute Gasteiger partial charge is 0.444 e. The highest BCUT2D eigenvalue weighted by molar-refractivity contribution is 7.98. The van der Waals surface area contributed by atoms with Crippen molar-refractivity contribution in [2.24, 2.45) is 0 Å². The van der Waals surface area contributed by atoms with Crippen LogP contribution < -0.4 is 4.90 Å². The first-order chi connectivity index (χ1) is 13.0. The maximum Gasteiger partial charge on any atom is 0.410 e. The van der Waals surface area contributed by atoms with E-state index in [-0.39, 0.29) is 17.7 Å². The lowest BCUT2D eigenvalue weighted by Crippen LogP contribution is -2.60. The highest BCUT2D eigenvalue weighted by atomic mass is 32.2. The van der Waals surface area contributed by atoms with Gasteiger partial charge in [0.1, 0.15) is 11.4 Å². The van der Waals surface area contributed by atoms with Crippen LogP contribution in [-0.4, -0.2) is 69.4 Å². The second-order valence-electron chi connectivity index (χ2n) is 8.60. The Labute approximate surface area is 170 Å². The Morgan fingerprint density at radius 1 is 1.29 bits per heavy atom. The van der Waals surface area contributed by atoms with Crippen LogP contribution in [0, 0.1) is 0 Å². The van der Waals surface area contributed by atoms with Crippen LogP contribution in [0.1, 0.15) is 46.1 Å². The third kappa shape index (κ3) is 4.04. The van der Waals surface area contributed by atoms with Crippen LogP contribution in [0.3, 0.4) is 0 Å². The molecule has 0 radical (unpaired) electrons. The molecule has 1 aromatic rings. The molecule has 2 aliphatic heterocycles. The quantitative estimate of drug-likeness (QED) is 0.552. The van der Waals surface area contributed by atoms with Crippen molar-refractivity contribution in [3.05, 3.63) is 11.8 Å². The fourth-order valence-electron chi connectivity index (χ4n) is 3.58. The molecule has 2 aliphatic rings. The number of carbonyl (C=O) groups is 2. The van der Waals surface area contributed by atoms with E-state index in [1.165, 1.54) is 11.8 Å². The summed E-state index contributed by atoms with van der Waals surface area (Å²) in [6.45, 7) is 9.29. The van der Waals surface area contributed by atoms with E-state index >= 15 is 0 Å². The van der Waals surface area contributed by atoms with Gasteiger partial charge >= 0.3 is 12.1 Å². The van der Waals surface area contributed by atoms with Gasteiger partial charge in [0.05, 0.1) is 6.54 Å². The first-order valence-electron chi connectivity index (χ1n) is 9.47. The minimum atomic E-state index is -0.511. The predicted molar refractivity (Wildman–Crippen MR) is 109 cm³/mol. The summed E-state index contributed by atoms with van der Waals surface area (Å²) in [5, 5.41) is 0.656. The fourth-order valence-corrected chi connectivity index (χ4v) is 3.92. The van der Waals surface area contributed by atoms with Crippen molar-refractivity contribution < 1.29 is 14.3 Å². The number of carbonyl (C=O) groups excluding carboxylic acids is 2. The molecular weight excluding hydrogens is 378 g/mol. The molecule has 0 N–H and O–H groups in total. The number of aromatic nitrogens is 2. The number of urea groups is 1. The number of anilines is 1. The summed E-state index contributed by atoms with van der Waals surface area (Å²) in [6, 6.07) is -0.0635. The monoisotopic (exact) mass is 407 g/mol. The van der Waals surface area contributed by atoms with Gasteiger partial charge in [-0.2, -0.15) is 0 Å². The van der Waals surface area contributed by atoms with Crippen LogP contribution >= 0.6 is 11.8 Å². The van der Waals surface area contributed by atoms with Crippen molar-refractivity contribution in [2.45, 2.75) is 63.4 Å². The van der Waals surface area contributed by atoms with Crippen molar-refractivity contribution in [3.8, 4) is 0 Å². The molecule has 0 spiro atoms. The van der Waals surface area contributed by atoms with E-state index in [1.54, 1.807) is 16.8 Å². The molecule has 0 saturated carbocycles. The molecule has 154 valence electrons. The van der Waals surface area contributed by atoms with Crippen LogP contribution in [0.5, 0.6) is 0 Å². The number of amides is 3. The summed E-state index contributed by atoms with van der Waals surface area (Å²) in [4.78, 5) is 39.5. The van der Waals surface area contributed by atoms with Crippen molar-refractivity contribution >= 4 is 29.7 Å². The second-order valence-corrected chi connectivity index (χ2v) is 9.37. The van der Waals surface area contributed by atoms with Crippen molar-refractivity contribution in [1.82, 2.24) is 19.8 Å². The van der Waals surface area contributed by atoms with Crippen molar-refractivity contribution in [3.63, 3.8) is 0 Å². The number of hydrogen-bond acceptors (Lipinski definition) is 6. The van der Waals surface area contributed by atoms with E-state index in [4.69, 9.17) is 4.74 Å². The Kier molecular flexibility index (Phi) is 5.49. The van der Waals surface area contributed by atoms with Gasteiger partial charge in [-0.15, -0.1) is 0 Å². The first-order valence-corrected chi connectivity index (χ1v) is 10.7. The average Bonchev–Trinajstić information content (AvgIpc) is 2.63. The van der Waals surface area contributed by atoms with Gasteiger partial charge < -0.3 is 14.5 Å². The molecule has 1 aromatic heterocycles. The van der Waals surface area contributed by atoms with E-state index in [0.29, 0.717) is 43.5 Å². The molecule has 0 aliphatic carbocycles. The van der Waals surface area contributed by atoms with Gasteiger partial charge in [-0.3, -0.25) is 4.90 Å². The zero-order chi connectivity index (χ0) is 20.7. The number of fused-ring (bicyclic) bond motifs is 1. The van der Waals surface area contributed by atoms with Gasteiger partial charge in [-0.1, -0.05) is 11.8 Å². The highest BCUT2D eigenvalue weighted by Crippen LogP contribution is 2.36. The second kappa shape index (κ2) is 7.42. The number of nitrogens with zero attached hydrogens (tertiary/aromatic N) is 5. The molecule has 28 heavy (non-hydrogen) atoms. The normalized spacial score (nSPS) is 19.5. The Hall–Kier alpha value is -2.03. The number of thioether (sulfide) groups is 1. The molecule has 3 amide bonds. The molecule has 0 aromatic carbocycles. The molecule has 0 bridgehead atoms. The summed E-state index contributed by atoms with van der Waals surface area (Å²) in [7, 11) is 1.75. The van der Waals surface area contributed by atoms with Gasteiger partial charge in [0.25, 0.3) is 0 Å². The van der Waals surface area contributed by atoms with Crippen LogP contribution in [0.25, 0.3) is 0 Å². The topological polar surface area (TPSA) is 78.9 Å². The van der Waals surface area contributed by atoms with Crippen LogP contribution in [-0.2, 0) is 11.3 Å². The molecular formula is C19H29N5O3S. The van der Waals surface area contributed by atoms with E-state index in [0.717, 1.165) is 5.56 Å². The Morgan fingerprint density at radius 3 is 2.50 bits per heavy atom. The number of piperidine rings is 1. The van der Waals surface area contributed by atoms with E-state index in [2.05, 4.69) is 16.9 Å². The lowest BCUT2D eigenvalue weighted by Gasteiger charge is -2.49. The minimum Gasteiger partial charge on any atom is -0.444 e. The molecule has 8 nitrogen and oxygen atoms in total. The van der Waals surface area contributed by atoms with Crippen molar-refractivity contribution in [2.75, 3.05) is 31.3 Å². The maximum atomic E-state index is 13.1. The number of hydrogen-bond donors (Lipinski definition) is 0. The first kappa shape index (κ1) is 20.7. The van der Waals surface area contributed by atoms with Gasteiger partial charge in [0.15, 0.2) is 5.16 Å². The Balaban J connectivity index is 1.73. The fraction of sp³-hybridized carbons (Fsp3) is 0.684. The SMILES string of the molecule is CSc1ncc2c(n1)N(C)C(=O)N(C1(C)CCN(C(=O)OC(C)(C)C)CC1)C2. The summed E-state index contributed by atoms with van der Waals surface area (Å²) < 4.78 is 5.48. The van der Waals surface area contributed by atoms with E-state index in [1.807, 2.05) is 38.1 Å². The average molecular weight is 408 g/mol. The molecule has 3 heterocycles. The third-order valence-corrected chi connectivity index (χ3v) is 5.87. The van der Waals surface area contributed by atoms with Crippen molar-refractivity contribution in [1.29, 1.82) is 0 Å². The molecule has 1 fully saturated rings. The molecule has 0 unspecified atom stereocenters. The summed E-state index contributed by atoms with van der Waals surface area (Å²) >= 11 is 1.46. The predicted octanol–water partition coefficient (Wildman–Crippen LogP) is 3.36. The third-order valence-electron chi connectivity index (χ3n) is 5.31. The van der Waals surface area contributed by atoms with E-state index in [9.17, 15) is 9.59 Å². The number of likely N-dealkylation sites (tertiary alicyclic amines) is 1. The number of ether oxygens (including phenoxy) is 1. The van der Waals surface area contributed by atoms with Gasteiger partial charge in [0, 0.05) is 37.4 Å². The van der Waals surface area contributed by atoms with Crippen LogP contribution in [0.4, 0.5) is 15.4 Å². The van der Waals surface area contributed by atoms with E-state index < -0.39 is 5.60 Å². The summed E-state index contributed by atoms with van der Waals surface area (Å²) in [5.74, 6) is 0.676. The Bertz CT molecular complexity index is 771. The lowest BCUT2D eigenvalue weighted by molar-refractivity contribution is 0.00462. The zero-order valence-corrected chi connectivity index (χ0v) is 18.3. The van der Waals surface area contributed by atoms with Crippen LogP contribution in [0.15, 0.2) is 11.4 Å². The summed E-state index contributed by atoms with van der Waals surface area (Å²) in [6.07, 6.45) is 4.83. The Morgan fingerprint density at radius 2 is 1.93 bits per heavy atom. The molecule has 9 heteroatoms. The lowest BCUT2D eigenvalue weighted by atomic mass is 9.87. The smallest absolute Gasteiger partial charge is 0.410 e. The maximum absolute atomic E-state index is 13.1. The molecule has 0 atom stereocenters. The molecule has 1 saturated heterocycles. The van der Waals surface area contributed by atoms with Gasteiger partial charge in [-0.05, 0) is 46.8 Å². The van der Waals surface area contributed by atoms with Gasteiger partial charge in [-0.25, -0.2) is 19.6 Å². The zero-order valence-electron chi connectivity index (χ0n) is 17.5. The molecule has 3 rings (SSSR count). The van der Waals surface area contributed by atoms with Crippen LogP contribution in [0.2, 0.25) is 0 Å². The minimum absolute atomic E-state index is 0.0635. The van der Waals surface area contributed by atoms with Gasteiger partial charge in [0.2, 0.25) is 0 Å². The standard InChI is InChI=1S/C19H29N5O3S/c1-18(2,3)27-17(26)23-9-7-19(4,8-10-23)24-12-13-11-20-15(28-6)21-14(13)22(5)16(24)25/h11H,7-10,12H2,1-6H3. The highest BCUT2D eigenvalue weighted by Gasteiger charge is 2.44.